The van der Waals surface area contributed by atoms with E-state index >= 15 is 0 Å². The van der Waals surface area contributed by atoms with Gasteiger partial charge in [0.2, 0.25) is 0 Å². The van der Waals surface area contributed by atoms with Crippen LogP contribution in [0.5, 0.6) is 0 Å². The summed E-state index contributed by atoms with van der Waals surface area (Å²) in [6.07, 6.45) is 9.03. The topological polar surface area (TPSA) is 101 Å². The first-order valence-corrected chi connectivity index (χ1v) is 7.94. The maximum atomic E-state index is 11.8. The van der Waals surface area contributed by atoms with E-state index in [1.54, 1.807) is 30.9 Å². The molecule has 2 heterocycles. The number of pyridine rings is 1. The minimum atomic E-state index is -0.269. The van der Waals surface area contributed by atoms with Gasteiger partial charge in [0.15, 0.2) is 0 Å². The molecule has 2 aromatic heterocycles. The molecule has 1 aliphatic carbocycles. The molecule has 3 N–H and O–H groups in total. The van der Waals surface area contributed by atoms with Crippen LogP contribution < -0.4 is 16.0 Å². The van der Waals surface area contributed by atoms with Crippen molar-refractivity contribution in [2.24, 2.45) is 0 Å². The SMILES string of the molecule is O=C(NCCNC(=O)c1cccnc1)NCc1cncn1C1CC1. The van der Waals surface area contributed by atoms with E-state index in [0.29, 0.717) is 31.2 Å². The smallest absolute Gasteiger partial charge is 0.315 e. The Hall–Kier alpha value is -2.90. The third-order valence-electron chi connectivity index (χ3n) is 3.74. The quantitative estimate of drug-likeness (QED) is 0.656. The maximum Gasteiger partial charge on any atom is 0.315 e. The molecule has 8 heteroatoms. The van der Waals surface area contributed by atoms with Crippen molar-refractivity contribution in [1.82, 2.24) is 30.5 Å². The summed E-state index contributed by atoms with van der Waals surface area (Å²) in [5.74, 6) is -0.210. The van der Waals surface area contributed by atoms with Gasteiger partial charge in [-0.1, -0.05) is 0 Å². The van der Waals surface area contributed by atoms with Crippen LogP contribution in [0.1, 0.15) is 34.9 Å². The number of amides is 3. The van der Waals surface area contributed by atoms with Crippen LogP contribution in [0.4, 0.5) is 4.79 Å². The largest absolute Gasteiger partial charge is 0.350 e. The normalized spacial score (nSPS) is 13.3. The van der Waals surface area contributed by atoms with E-state index < -0.39 is 0 Å². The Balaban J connectivity index is 1.32. The molecule has 0 spiro atoms. The molecule has 0 unspecified atom stereocenters. The van der Waals surface area contributed by atoms with Gasteiger partial charge in [0, 0.05) is 37.7 Å². The number of aromatic nitrogens is 3. The van der Waals surface area contributed by atoms with Crippen LogP contribution in [0.2, 0.25) is 0 Å². The van der Waals surface area contributed by atoms with E-state index in [1.807, 2.05) is 0 Å². The highest BCUT2D eigenvalue weighted by molar-refractivity contribution is 5.93. The predicted octanol–water partition coefficient (Wildman–Crippen LogP) is 0.842. The second-order valence-corrected chi connectivity index (χ2v) is 5.63. The molecule has 126 valence electrons. The zero-order chi connectivity index (χ0) is 16.8. The van der Waals surface area contributed by atoms with Crippen molar-refractivity contribution in [1.29, 1.82) is 0 Å². The lowest BCUT2D eigenvalue weighted by atomic mass is 10.3. The molecule has 24 heavy (non-hydrogen) atoms. The fourth-order valence-electron chi connectivity index (χ4n) is 2.33. The Bertz CT molecular complexity index is 696. The van der Waals surface area contributed by atoms with Gasteiger partial charge < -0.3 is 20.5 Å². The molecular formula is C16H20N6O2. The van der Waals surface area contributed by atoms with Crippen LogP contribution in [-0.4, -0.2) is 39.6 Å². The highest BCUT2D eigenvalue weighted by Crippen LogP contribution is 2.35. The van der Waals surface area contributed by atoms with Gasteiger partial charge in [-0.25, -0.2) is 9.78 Å². The van der Waals surface area contributed by atoms with Crippen molar-refractivity contribution in [2.75, 3.05) is 13.1 Å². The second-order valence-electron chi connectivity index (χ2n) is 5.63. The zero-order valence-corrected chi connectivity index (χ0v) is 13.2. The van der Waals surface area contributed by atoms with Crippen LogP contribution in [0, 0.1) is 0 Å². The number of urea groups is 1. The first kappa shape index (κ1) is 16.0. The van der Waals surface area contributed by atoms with Gasteiger partial charge in [0.25, 0.3) is 5.91 Å². The number of carbonyl (C=O) groups excluding carboxylic acids is 2. The van der Waals surface area contributed by atoms with E-state index in [0.717, 1.165) is 5.69 Å². The summed E-state index contributed by atoms with van der Waals surface area (Å²) in [6.45, 7) is 1.13. The summed E-state index contributed by atoms with van der Waals surface area (Å²) >= 11 is 0. The Kier molecular flexibility index (Phi) is 5.05. The number of carbonyl (C=O) groups is 2. The lowest BCUT2D eigenvalue weighted by molar-refractivity contribution is 0.0953. The number of nitrogens with zero attached hydrogens (tertiary/aromatic N) is 3. The molecule has 1 saturated carbocycles. The van der Waals surface area contributed by atoms with E-state index in [2.05, 4.69) is 30.5 Å². The Labute approximate surface area is 139 Å². The number of imidazole rings is 1. The second kappa shape index (κ2) is 7.58. The van der Waals surface area contributed by atoms with Gasteiger partial charge in [0.1, 0.15) is 0 Å². The summed E-state index contributed by atoms with van der Waals surface area (Å²) in [5.41, 5.74) is 1.49. The van der Waals surface area contributed by atoms with Crippen LogP contribution >= 0.6 is 0 Å². The lowest BCUT2D eigenvalue weighted by Gasteiger charge is -2.10. The predicted molar refractivity (Wildman–Crippen MR) is 87.3 cm³/mol. The standard InChI is InChI=1S/C16H20N6O2/c23-15(12-2-1-5-17-8-12)19-6-7-20-16(24)21-10-14-9-18-11-22(14)13-3-4-13/h1-2,5,8-9,11,13H,3-4,6-7,10H2,(H,19,23)(H2,20,21,24). The van der Waals surface area contributed by atoms with Crippen molar-refractivity contribution in [2.45, 2.75) is 25.4 Å². The molecule has 0 bridgehead atoms. The zero-order valence-electron chi connectivity index (χ0n) is 13.2. The maximum absolute atomic E-state index is 11.8. The van der Waals surface area contributed by atoms with Crippen LogP contribution in [0.15, 0.2) is 37.1 Å². The fraction of sp³-hybridized carbons (Fsp3) is 0.375. The van der Waals surface area contributed by atoms with Gasteiger partial charge in [-0.2, -0.15) is 0 Å². The average Bonchev–Trinajstić information content (AvgIpc) is 3.35. The van der Waals surface area contributed by atoms with Crippen molar-refractivity contribution >= 4 is 11.9 Å². The van der Waals surface area contributed by atoms with Gasteiger partial charge in [-0.15, -0.1) is 0 Å². The Morgan fingerprint density at radius 2 is 1.96 bits per heavy atom. The highest BCUT2D eigenvalue weighted by Gasteiger charge is 2.25. The van der Waals surface area contributed by atoms with Gasteiger partial charge in [-0.3, -0.25) is 9.78 Å². The minimum Gasteiger partial charge on any atom is -0.350 e. The molecule has 3 amide bonds. The average molecular weight is 328 g/mol. The van der Waals surface area contributed by atoms with Gasteiger partial charge >= 0.3 is 6.03 Å². The Morgan fingerprint density at radius 1 is 1.12 bits per heavy atom. The lowest BCUT2D eigenvalue weighted by Crippen LogP contribution is -2.40. The summed E-state index contributed by atoms with van der Waals surface area (Å²) < 4.78 is 2.11. The first-order valence-electron chi connectivity index (χ1n) is 7.94. The molecule has 0 saturated heterocycles. The third kappa shape index (κ3) is 4.31. The molecule has 8 nitrogen and oxygen atoms in total. The minimum absolute atomic E-state index is 0.210. The van der Waals surface area contributed by atoms with Crippen molar-refractivity contribution in [3.05, 3.63) is 48.3 Å². The van der Waals surface area contributed by atoms with Crippen LogP contribution in [-0.2, 0) is 6.54 Å². The molecular weight excluding hydrogens is 308 g/mol. The number of rotatable bonds is 7. The molecule has 0 radical (unpaired) electrons. The van der Waals surface area contributed by atoms with E-state index in [-0.39, 0.29) is 11.9 Å². The monoisotopic (exact) mass is 328 g/mol. The van der Waals surface area contributed by atoms with E-state index in [9.17, 15) is 9.59 Å². The molecule has 3 rings (SSSR count). The molecule has 1 fully saturated rings. The molecule has 0 atom stereocenters. The van der Waals surface area contributed by atoms with Gasteiger partial charge in [-0.05, 0) is 25.0 Å². The highest BCUT2D eigenvalue weighted by atomic mass is 16.2. The number of nitrogens with one attached hydrogen (secondary N) is 3. The van der Waals surface area contributed by atoms with Crippen LogP contribution in [0.3, 0.4) is 0 Å². The summed E-state index contributed by atoms with van der Waals surface area (Å²) in [5, 5.41) is 8.22. The number of hydrogen-bond donors (Lipinski definition) is 3. The fourth-order valence-corrected chi connectivity index (χ4v) is 2.33. The Morgan fingerprint density at radius 3 is 2.71 bits per heavy atom. The van der Waals surface area contributed by atoms with Crippen LogP contribution in [0.25, 0.3) is 0 Å². The van der Waals surface area contributed by atoms with E-state index in [1.165, 1.54) is 19.0 Å². The molecule has 1 aliphatic rings. The van der Waals surface area contributed by atoms with Crippen molar-refractivity contribution in [3.8, 4) is 0 Å². The summed E-state index contributed by atoms with van der Waals surface area (Å²) in [7, 11) is 0. The first-order chi connectivity index (χ1) is 11.7. The number of hydrogen-bond acceptors (Lipinski definition) is 4. The van der Waals surface area contributed by atoms with Crippen molar-refractivity contribution in [3.63, 3.8) is 0 Å². The van der Waals surface area contributed by atoms with Gasteiger partial charge in [0.05, 0.1) is 24.1 Å². The molecule has 0 aromatic carbocycles. The van der Waals surface area contributed by atoms with E-state index in [4.69, 9.17) is 0 Å². The summed E-state index contributed by atoms with van der Waals surface area (Å²) in [6, 6.07) is 3.66. The third-order valence-corrected chi connectivity index (χ3v) is 3.74. The van der Waals surface area contributed by atoms with Crippen molar-refractivity contribution < 1.29 is 9.59 Å². The summed E-state index contributed by atoms with van der Waals surface area (Å²) in [4.78, 5) is 31.6. The molecule has 0 aliphatic heterocycles. The molecule has 2 aromatic rings.